The summed E-state index contributed by atoms with van der Waals surface area (Å²) in [6.45, 7) is 5.19. The average molecular weight is 712 g/mol. The smallest absolute Gasteiger partial charge is 0.378 e. The Labute approximate surface area is 246 Å². The monoisotopic (exact) mass is 712 g/mol. The fourth-order valence-electron chi connectivity index (χ4n) is 3.03. The van der Waals surface area contributed by atoms with Crippen LogP contribution in [0, 0.1) is 0 Å². The number of halogens is 16. The van der Waals surface area contributed by atoms with Crippen LogP contribution in [0.2, 0.25) is 0 Å². The quantitative estimate of drug-likeness (QED) is 0.132. The molecule has 46 heavy (non-hydrogen) atoms. The number of Topliss-reactive ketones (excluding diaryl/α,β-unsaturated/α-hetero) is 1. The minimum Gasteiger partial charge on any atom is -0.456 e. The molecule has 2 aliphatic rings. The van der Waals surface area contributed by atoms with Gasteiger partial charge in [0.25, 0.3) is 5.67 Å². The maximum atomic E-state index is 13.6. The number of aliphatic hydroxyl groups is 1. The molecule has 0 heterocycles. The molecule has 4 atom stereocenters. The summed E-state index contributed by atoms with van der Waals surface area (Å²) in [5.74, 6) is -41.3. The lowest BCUT2D eigenvalue weighted by Gasteiger charge is -2.28. The first-order valence-corrected chi connectivity index (χ1v) is 11.4. The fraction of sp³-hybridized carbons (Fsp3) is 0.652. The van der Waals surface area contributed by atoms with Crippen molar-refractivity contribution in [2.24, 2.45) is 0 Å². The van der Waals surface area contributed by atoms with Crippen LogP contribution in [0.3, 0.4) is 0 Å². The Bertz CT molecular complexity index is 1220. The Balaban J connectivity index is 0.000000692. The van der Waals surface area contributed by atoms with Crippen LogP contribution in [0.25, 0.3) is 0 Å². The van der Waals surface area contributed by atoms with Gasteiger partial charge in [-0.25, -0.2) is 31.9 Å². The van der Waals surface area contributed by atoms with Crippen molar-refractivity contribution in [2.45, 2.75) is 80.0 Å². The van der Waals surface area contributed by atoms with Gasteiger partial charge < -0.3 is 14.6 Å². The van der Waals surface area contributed by atoms with E-state index in [1.165, 1.54) is 13.8 Å². The molecule has 0 aromatic heterocycles. The molecule has 2 fully saturated rings. The molecular formula is C23H20F16O7. The van der Waals surface area contributed by atoms with E-state index in [1.807, 2.05) is 0 Å². The van der Waals surface area contributed by atoms with Crippen molar-refractivity contribution in [1.29, 1.82) is 0 Å². The van der Waals surface area contributed by atoms with Crippen molar-refractivity contribution in [2.75, 3.05) is 13.2 Å². The Morgan fingerprint density at radius 1 is 0.587 bits per heavy atom. The van der Waals surface area contributed by atoms with Crippen LogP contribution < -0.4 is 0 Å². The van der Waals surface area contributed by atoms with E-state index in [4.69, 9.17) is 5.11 Å². The van der Waals surface area contributed by atoms with Crippen LogP contribution in [0.5, 0.6) is 0 Å². The number of carbonyl (C=O) groups excluding carboxylic acids is 4. The predicted octanol–water partition coefficient (Wildman–Crippen LogP) is 5.24. The van der Waals surface area contributed by atoms with Crippen molar-refractivity contribution in [3.05, 3.63) is 24.3 Å². The van der Waals surface area contributed by atoms with Crippen LogP contribution in [-0.2, 0) is 28.7 Å². The van der Waals surface area contributed by atoms with Crippen LogP contribution in [0.15, 0.2) is 24.3 Å². The fourth-order valence-corrected chi connectivity index (χ4v) is 3.03. The third kappa shape index (κ3) is 6.42. The summed E-state index contributed by atoms with van der Waals surface area (Å²) in [7, 11) is 0. The highest BCUT2D eigenvalue weighted by Gasteiger charge is 2.94. The molecule has 0 saturated heterocycles. The second-order valence-corrected chi connectivity index (χ2v) is 9.52. The minimum absolute atomic E-state index is 0.194. The molecule has 0 bridgehead atoms. The number of ether oxygens (including phenoxy) is 2. The number of hydrogen-bond acceptors (Lipinski definition) is 7. The van der Waals surface area contributed by atoms with Crippen LogP contribution in [0.1, 0.15) is 20.8 Å². The molecule has 1 N–H and O–H groups in total. The molecule has 0 radical (unpaired) electrons. The number of alkyl halides is 16. The molecule has 0 aromatic rings. The molecular weight excluding hydrogens is 692 g/mol. The molecule has 2 saturated carbocycles. The summed E-state index contributed by atoms with van der Waals surface area (Å²) in [5.41, 5.74) is -9.76. The lowest BCUT2D eigenvalue weighted by molar-refractivity contribution is -0.291. The van der Waals surface area contributed by atoms with Gasteiger partial charge in [0.15, 0.2) is 0 Å². The van der Waals surface area contributed by atoms with E-state index < -0.39 is 96.1 Å². The second-order valence-electron chi connectivity index (χ2n) is 9.52. The van der Waals surface area contributed by atoms with E-state index in [1.54, 1.807) is 0 Å². The highest BCUT2D eigenvalue weighted by atomic mass is 19.4. The SMILES string of the molecule is C=C(C)C(=O)OC(=O)C(=C)C.CC(=O)C(=O)OCC1(F)C(F)C(F)(F)C(F)(F)C1(F)F.OCC1(F)C(F)C(F)(F)C(F)(F)C1(F)F. The van der Waals surface area contributed by atoms with Gasteiger partial charge >= 0.3 is 53.4 Å². The van der Waals surface area contributed by atoms with E-state index in [0.29, 0.717) is 6.92 Å². The summed E-state index contributed by atoms with van der Waals surface area (Å²) in [5, 5.41) is 8.03. The van der Waals surface area contributed by atoms with E-state index in [0.717, 1.165) is 0 Å². The first-order chi connectivity index (χ1) is 20.1. The van der Waals surface area contributed by atoms with Crippen molar-refractivity contribution in [1.82, 2.24) is 0 Å². The first kappa shape index (κ1) is 42.6. The molecule has 0 amide bonds. The van der Waals surface area contributed by atoms with Crippen LogP contribution >= 0.6 is 0 Å². The van der Waals surface area contributed by atoms with E-state index in [9.17, 15) is 89.4 Å². The Morgan fingerprint density at radius 3 is 1.09 bits per heavy atom. The molecule has 0 aromatic carbocycles. The Morgan fingerprint density at radius 2 is 0.891 bits per heavy atom. The predicted molar refractivity (Wildman–Crippen MR) is 117 cm³/mol. The highest BCUT2D eigenvalue weighted by molar-refractivity contribution is 6.32. The number of carbonyl (C=O) groups is 4. The molecule has 0 spiro atoms. The normalized spacial score (nSPS) is 30.3. The van der Waals surface area contributed by atoms with Gasteiger partial charge in [0.05, 0.1) is 6.61 Å². The average Bonchev–Trinajstić information content (AvgIpc) is 3.04. The zero-order valence-corrected chi connectivity index (χ0v) is 22.9. The third-order valence-corrected chi connectivity index (χ3v) is 5.92. The number of aliphatic hydroxyl groups excluding tert-OH is 1. The van der Waals surface area contributed by atoms with Gasteiger partial charge in [-0.05, 0) is 13.8 Å². The van der Waals surface area contributed by atoms with Crippen LogP contribution in [-0.4, -0.2) is 101 Å². The maximum Gasteiger partial charge on any atom is 0.378 e. The van der Waals surface area contributed by atoms with Crippen LogP contribution in [0.4, 0.5) is 70.2 Å². The topological polar surface area (TPSA) is 107 Å². The van der Waals surface area contributed by atoms with Crippen molar-refractivity contribution in [3.8, 4) is 0 Å². The molecule has 266 valence electrons. The second kappa shape index (κ2) is 13.0. The zero-order valence-electron chi connectivity index (χ0n) is 22.9. The van der Waals surface area contributed by atoms with Gasteiger partial charge in [-0.1, -0.05) is 13.2 Å². The summed E-state index contributed by atoms with van der Waals surface area (Å²) >= 11 is 0. The molecule has 7 nitrogen and oxygen atoms in total. The van der Waals surface area contributed by atoms with Crippen molar-refractivity contribution >= 4 is 23.7 Å². The highest BCUT2D eigenvalue weighted by Crippen LogP contribution is 2.64. The van der Waals surface area contributed by atoms with E-state index in [-0.39, 0.29) is 11.1 Å². The Hall–Kier alpha value is -3.40. The molecule has 2 rings (SSSR count). The van der Waals surface area contributed by atoms with Gasteiger partial charge in [-0.3, -0.25) is 4.79 Å². The Kier molecular flexibility index (Phi) is 12.0. The maximum absolute atomic E-state index is 13.6. The third-order valence-electron chi connectivity index (χ3n) is 5.92. The molecule has 4 unspecified atom stereocenters. The first-order valence-electron chi connectivity index (χ1n) is 11.4. The van der Waals surface area contributed by atoms with E-state index >= 15 is 0 Å². The summed E-state index contributed by atoms with van der Waals surface area (Å²) in [4.78, 5) is 42.3. The van der Waals surface area contributed by atoms with Crippen molar-refractivity contribution in [3.63, 3.8) is 0 Å². The summed E-state index contributed by atoms with van der Waals surface area (Å²) < 4.78 is 211. The summed E-state index contributed by atoms with van der Waals surface area (Å²) in [6, 6.07) is 0. The lowest BCUT2D eigenvalue weighted by atomic mass is 10.0. The molecule has 0 aliphatic heterocycles. The largest absolute Gasteiger partial charge is 0.456 e. The number of rotatable bonds is 6. The molecule has 23 heteroatoms. The number of esters is 3. The zero-order chi connectivity index (χ0) is 37.4. The van der Waals surface area contributed by atoms with Gasteiger partial charge in [-0.2, -0.15) is 52.7 Å². The standard InChI is InChI=1S/C9H6F8O3.C8H10O3.C6H4F8O/c1-3(18)4(19)20-2-6(11)5(10)7(12,13)9(16,17)8(6,14)15;1-5(2)7(9)11-8(10)6(3)4;7-2-3(8,1-15)5(11,12)6(13,14)4(2,9)10/h5H,2H2,1H3;1,3H2,2,4H3;2,15H,1H2. The minimum atomic E-state index is -6.32. The van der Waals surface area contributed by atoms with Gasteiger partial charge in [0.1, 0.15) is 6.61 Å². The van der Waals surface area contributed by atoms with Gasteiger partial charge in [0, 0.05) is 18.1 Å². The summed E-state index contributed by atoms with van der Waals surface area (Å²) in [6.07, 6.45) is -9.10. The van der Waals surface area contributed by atoms with E-state index in [2.05, 4.69) is 22.6 Å². The van der Waals surface area contributed by atoms with Gasteiger partial charge in [-0.15, -0.1) is 0 Å². The lowest BCUT2D eigenvalue weighted by Crippen LogP contribution is -2.55. The molecule has 2 aliphatic carbocycles. The van der Waals surface area contributed by atoms with Crippen molar-refractivity contribution < 1.29 is 104 Å². The number of hydrogen-bond donors (Lipinski definition) is 1. The van der Waals surface area contributed by atoms with Gasteiger partial charge in [0.2, 0.25) is 23.8 Å². The number of ketones is 1.